The van der Waals surface area contributed by atoms with Gasteiger partial charge in [-0.3, -0.25) is 4.79 Å². The molecule has 0 saturated carbocycles. The van der Waals surface area contributed by atoms with Crippen LogP contribution in [0.15, 0.2) is 48.5 Å². The predicted molar refractivity (Wildman–Crippen MR) is 94.7 cm³/mol. The Balaban J connectivity index is 1.96. The Kier molecular flexibility index (Phi) is 4.44. The van der Waals surface area contributed by atoms with Gasteiger partial charge in [0.25, 0.3) is 0 Å². The molecule has 3 rings (SSSR count). The molecule has 1 heterocycles. The molecule has 0 spiro atoms. The van der Waals surface area contributed by atoms with Crippen LogP contribution in [0.3, 0.4) is 0 Å². The van der Waals surface area contributed by atoms with Crippen molar-refractivity contribution in [2.24, 2.45) is 11.8 Å². The molecule has 0 aliphatic carbocycles. The number of hydrogen-bond donors (Lipinski definition) is 0. The van der Waals surface area contributed by atoms with E-state index in [0.29, 0.717) is 5.75 Å². The zero-order valence-electron chi connectivity index (χ0n) is 13.4. The Bertz CT molecular complexity index is 805. The number of carbonyl (C=O) groups excluding carboxylic acids is 1. The summed E-state index contributed by atoms with van der Waals surface area (Å²) >= 11 is 1.60. The highest BCUT2D eigenvalue weighted by molar-refractivity contribution is 7.21. The third-order valence-corrected chi connectivity index (χ3v) is 5.06. The van der Waals surface area contributed by atoms with Gasteiger partial charge in [0.2, 0.25) is 0 Å². The third-order valence-electron chi connectivity index (χ3n) is 3.99. The molecule has 4 heteroatoms. The van der Waals surface area contributed by atoms with Crippen LogP contribution in [0.4, 0.5) is 0 Å². The summed E-state index contributed by atoms with van der Waals surface area (Å²) in [6.07, 6.45) is 0. The molecule has 118 valence electrons. The molecule has 0 N–H and O–H groups in total. The standard InChI is InChI=1S/C19H19NO2S/c1-12(2)13(3)19(21)22-16-10-6-4-8-14(16)18-20-15-9-5-7-11-17(15)23-18/h4-13H,1-3H3. The van der Waals surface area contributed by atoms with Crippen molar-refractivity contribution >= 4 is 27.5 Å². The van der Waals surface area contributed by atoms with Gasteiger partial charge in [-0.05, 0) is 30.2 Å². The summed E-state index contributed by atoms with van der Waals surface area (Å²) in [7, 11) is 0. The first-order valence-corrected chi connectivity index (χ1v) is 8.54. The summed E-state index contributed by atoms with van der Waals surface area (Å²) in [5.74, 6) is 0.480. The maximum absolute atomic E-state index is 12.3. The Morgan fingerprint density at radius 3 is 2.48 bits per heavy atom. The zero-order valence-corrected chi connectivity index (χ0v) is 14.3. The molecule has 0 saturated heterocycles. The zero-order chi connectivity index (χ0) is 16.4. The second-order valence-electron chi connectivity index (χ2n) is 5.94. The van der Waals surface area contributed by atoms with E-state index in [0.717, 1.165) is 20.8 Å². The fourth-order valence-electron chi connectivity index (χ4n) is 2.19. The summed E-state index contributed by atoms with van der Waals surface area (Å²) in [4.78, 5) is 16.9. The minimum atomic E-state index is -0.200. The number of carbonyl (C=O) groups is 1. The van der Waals surface area contributed by atoms with Crippen molar-refractivity contribution in [1.29, 1.82) is 0 Å². The maximum Gasteiger partial charge on any atom is 0.314 e. The van der Waals surface area contributed by atoms with E-state index in [1.165, 1.54) is 0 Å². The number of para-hydroxylation sites is 2. The molecule has 0 aliphatic heterocycles. The van der Waals surface area contributed by atoms with Crippen molar-refractivity contribution < 1.29 is 9.53 Å². The van der Waals surface area contributed by atoms with Crippen molar-refractivity contribution in [2.75, 3.05) is 0 Å². The third kappa shape index (κ3) is 3.27. The van der Waals surface area contributed by atoms with Crippen LogP contribution in [0.1, 0.15) is 20.8 Å². The van der Waals surface area contributed by atoms with Gasteiger partial charge in [-0.2, -0.15) is 0 Å². The number of esters is 1. The lowest BCUT2D eigenvalue weighted by Crippen LogP contribution is -2.22. The van der Waals surface area contributed by atoms with E-state index >= 15 is 0 Å². The van der Waals surface area contributed by atoms with Crippen molar-refractivity contribution in [3.8, 4) is 16.3 Å². The Morgan fingerprint density at radius 1 is 1.04 bits per heavy atom. The van der Waals surface area contributed by atoms with E-state index in [-0.39, 0.29) is 17.8 Å². The van der Waals surface area contributed by atoms with Crippen molar-refractivity contribution in [3.63, 3.8) is 0 Å². The van der Waals surface area contributed by atoms with E-state index in [1.807, 2.05) is 69.3 Å². The normalized spacial score (nSPS) is 12.5. The molecule has 1 aromatic heterocycles. The molecule has 1 atom stereocenters. The fraction of sp³-hybridized carbons (Fsp3) is 0.263. The smallest absolute Gasteiger partial charge is 0.314 e. The largest absolute Gasteiger partial charge is 0.426 e. The van der Waals surface area contributed by atoms with E-state index in [1.54, 1.807) is 11.3 Å². The number of benzene rings is 2. The summed E-state index contributed by atoms with van der Waals surface area (Å²) in [6.45, 7) is 5.93. The average molecular weight is 325 g/mol. The summed E-state index contributed by atoms with van der Waals surface area (Å²) in [6, 6.07) is 15.6. The van der Waals surface area contributed by atoms with Crippen LogP contribution >= 0.6 is 11.3 Å². The quantitative estimate of drug-likeness (QED) is 0.491. The second-order valence-corrected chi connectivity index (χ2v) is 6.97. The van der Waals surface area contributed by atoms with Crippen molar-refractivity contribution in [2.45, 2.75) is 20.8 Å². The van der Waals surface area contributed by atoms with E-state index in [2.05, 4.69) is 4.98 Å². The van der Waals surface area contributed by atoms with Gasteiger partial charge in [0.05, 0.1) is 21.7 Å². The molecular weight excluding hydrogens is 306 g/mol. The van der Waals surface area contributed by atoms with Crippen LogP contribution in [-0.4, -0.2) is 11.0 Å². The molecule has 1 unspecified atom stereocenters. The summed E-state index contributed by atoms with van der Waals surface area (Å²) in [5, 5.41) is 0.867. The maximum atomic E-state index is 12.3. The molecule has 0 amide bonds. The van der Waals surface area contributed by atoms with Crippen LogP contribution in [0.25, 0.3) is 20.8 Å². The highest BCUT2D eigenvalue weighted by Gasteiger charge is 2.21. The molecule has 0 aliphatic rings. The van der Waals surface area contributed by atoms with Gasteiger partial charge in [-0.25, -0.2) is 4.98 Å². The first kappa shape index (κ1) is 15.7. The summed E-state index contributed by atoms with van der Waals surface area (Å²) < 4.78 is 6.77. The monoisotopic (exact) mass is 325 g/mol. The topological polar surface area (TPSA) is 39.2 Å². The van der Waals surface area contributed by atoms with E-state index in [4.69, 9.17) is 4.74 Å². The van der Waals surface area contributed by atoms with E-state index < -0.39 is 0 Å². The SMILES string of the molecule is CC(C)C(C)C(=O)Oc1ccccc1-c1nc2ccccc2s1. The molecule has 0 radical (unpaired) electrons. The first-order chi connectivity index (χ1) is 11.1. The number of aromatic nitrogens is 1. The highest BCUT2D eigenvalue weighted by atomic mass is 32.1. The fourth-order valence-corrected chi connectivity index (χ4v) is 3.19. The molecule has 23 heavy (non-hydrogen) atoms. The number of thiazole rings is 1. The van der Waals surface area contributed by atoms with Crippen LogP contribution in [-0.2, 0) is 4.79 Å². The number of hydrogen-bond acceptors (Lipinski definition) is 4. The van der Waals surface area contributed by atoms with Crippen LogP contribution in [0.2, 0.25) is 0 Å². The van der Waals surface area contributed by atoms with E-state index in [9.17, 15) is 4.79 Å². The molecule has 3 nitrogen and oxygen atoms in total. The molecule has 2 aromatic carbocycles. The number of fused-ring (bicyclic) bond motifs is 1. The molecule has 0 fully saturated rings. The lowest BCUT2D eigenvalue weighted by atomic mass is 9.98. The number of ether oxygens (including phenoxy) is 1. The number of rotatable bonds is 4. The van der Waals surface area contributed by atoms with Gasteiger partial charge in [0.15, 0.2) is 0 Å². The minimum absolute atomic E-state index is 0.140. The second kappa shape index (κ2) is 6.50. The van der Waals surface area contributed by atoms with Gasteiger partial charge in [0.1, 0.15) is 10.8 Å². The van der Waals surface area contributed by atoms with Gasteiger partial charge in [-0.1, -0.05) is 45.0 Å². The Labute approximate surface area is 139 Å². The Morgan fingerprint density at radius 2 is 1.74 bits per heavy atom. The highest BCUT2D eigenvalue weighted by Crippen LogP contribution is 2.36. The van der Waals surface area contributed by atoms with Crippen molar-refractivity contribution in [1.82, 2.24) is 4.98 Å². The minimum Gasteiger partial charge on any atom is -0.426 e. The lowest BCUT2D eigenvalue weighted by Gasteiger charge is -2.15. The molecule has 3 aromatic rings. The van der Waals surface area contributed by atoms with Gasteiger partial charge < -0.3 is 4.74 Å². The predicted octanol–water partition coefficient (Wildman–Crippen LogP) is 5.16. The summed E-state index contributed by atoms with van der Waals surface area (Å²) in [5.41, 5.74) is 1.82. The van der Waals surface area contributed by atoms with Crippen LogP contribution < -0.4 is 4.74 Å². The molecular formula is C19H19NO2S. The van der Waals surface area contributed by atoms with Gasteiger partial charge >= 0.3 is 5.97 Å². The molecule has 0 bridgehead atoms. The van der Waals surface area contributed by atoms with Gasteiger partial charge in [0, 0.05) is 0 Å². The average Bonchev–Trinajstić information content (AvgIpc) is 2.98. The van der Waals surface area contributed by atoms with Crippen molar-refractivity contribution in [3.05, 3.63) is 48.5 Å². The first-order valence-electron chi connectivity index (χ1n) is 7.73. The lowest BCUT2D eigenvalue weighted by molar-refractivity contribution is -0.139. The number of nitrogens with zero attached hydrogens (tertiary/aromatic N) is 1. The van der Waals surface area contributed by atoms with Crippen LogP contribution in [0, 0.1) is 11.8 Å². The van der Waals surface area contributed by atoms with Gasteiger partial charge in [-0.15, -0.1) is 11.3 Å². The Hall–Kier alpha value is -2.20. The van der Waals surface area contributed by atoms with Crippen LogP contribution in [0.5, 0.6) is 5.75 Å².